The van der Waals surface area contributed by atoms with Crippen LogP contribution in [0, 0.1) is 18.2 Å². The highest BCUT2D eigenvalue weighted by Gasteiger charge is 2.01. The Bertz CT molecular complexity index is 271. The van der Waals surface area contributed by atoms with E-state index in [9.17, 15) is 4.39 Å². The molecule has 0 aliphatic rings. The molecule has 0 bridgehead atoms. The summed E-state index contributed by atoms with van der Waals surface area (Å²) in [5.41, 5.74) is 0.536. The molecule has 56 valence electrons. The number of aliphatic hydroxyl groups excluding tert-OH is 1. The zero-order valence-corrected chi connectivity index (χ0v) is 5.79. The molecule has 1 aromatic carbocycles. The van der Waals surface area contributed by atoms with Gasteiger partial charge in [-0.05, 0) is 17.7 Å². The largest absolute Gasteiger partial charge is 0.376 e. The normalized spacial score (nSPS) is 12.1. The summed E-state index contributed by atoms with van der Waals surface area (Å²) in [7, 11) is 0. The Morgan fingerprint density at radius 2 is 1.91 bits per heavy atom. The molecule has 0 spiro atoms. The van der Waals surface area contributed by atoms with Crippen LogP contribution in [-0.4, -0.2) is 5.11 Å². The highest BCUT2D eigenvalue weighted by molar-refractivity contribution is 5.23. The van der Waals surface area contributed by atoms with Gasteiger partial charge in [-0.15, -0.1) is 6.42 Å². The van der Waals surface area contributed by atoms with Gasteiger partial charge in [0.15, 0.2) is 0 Å². The number of aliphatic hydroxyl groups is 1. The van der Waals surface area contributed by atoms with Crippen molar-refractivity contribution in [3.8, 4) is 12.3 Å². The van der Waals surface area contributed by atoms with Crippen LogP contribution in [0.25, 0.3) is 0 Å². The van der Waals surface area contributed by atoms with Crippen LogP contribution in [0.5, 0.6) is 0 Å². The molecule has 1 aromatic rings. The lowest BCUT2D eigenvalue weighted by Gasteiger charge is -2.01. The minimum Gasteiger partial charge on any atom is -0.376 e. The van der Waals surface area contributed by atoms with E-state index >= 15 is 0 Å². The maximum absolute atomic E-state index is 12.3. The molecule has 0 saturated heterocycles. The molecular weight excluding hydrogens is 143 g/mol. The topological polar surface area (TPSA) is 20.2 Å². The number of terminal acetylenes is 1. The summed E-state index contributed by atoms with van der Waals surface area (Å²) in [4.78, 5) is 0. The van der Waals surface area contributed by atoms with E-state index in [0.717, 1.165) is 0 Å². The van der Waals surface area contributed by atoms with E-state index in [2.05, 4.69) is 5.92 Å². The maximum atomic E-state index is 12.3. The van der Waals surface area contributed by atoms with Gasteiger partial charge >= 0.3 is 0 Å². The second-order valence-electron chi connectivity index (χ2n) is 2.12. The SMILES string of the molecule is C#C[C@@H](O)c1ccc(F)cc1. The lowest BCUT2D eigenvalue weighted by atomic mass is 10.1. The Kier molecular flexibility index (Phi) is 2.25. The van der Waals surface area contributed by atoms with Gasteiger partial charge in [-0.2, -0.15) is 0 Å². The van der Waals surface area contributed by atoms with Crippen LogP contribution in [-0.2, 0) is 0 Å². The van der Waals surface area contributed by atoms with Crippen molar-refractivity contribution in [2.24, 2.45) is 0 Å². The lowest BCUT2D eigenvalue weighted by molar-refractivity contribution is 0.238. The molecule has 0 heterocycles. The van der Waals surface area contributed by atoms with Gasteiger partial charge in [0.25, 0.3) is 0 Å². The zero-order valence-electron chi connectivity index (χ0n) is 5.79. The van der Waals surface area contributed by atoms with Gasteiger partial charge in [-0.3, -0.25) is 0 Å². The van der Waals surface area contributed by atoms with Crippen molar-refractivity contribution >= 4 is 0 Å². The maximum Gasteiger partial charge on any atom is 0.139 e. The van der Waals surface area contributed by atoms with Gasteiger partial charge in [-0.25, -0.2) is 4.39 Å². The first-order valence-electron chi connectivity index (χ1n) is 3.13. The predicted molar refractivity (Wildman–Crippen MR) is 40.2 cm³/mol. The smallest absolute Gasteiger partial charge is 0.139 e. The summed E-state index contributed by atoms with van der Waals surface area (Å²) in [6, 6.07) is 5.44. The molecule has 2 heteroatoms. The molecule has 11 heavy (non-hydrogen) atoms. The Hall–Kier alpha value is -1.33. The standard InChI is InChI=1S/C9H7FO/c1-2-9(11)7-3-5-8(10)6-4-7/h1,3-6,9,11H/t9-/m1/s1. The fourth-order valence-electron chi connectivity index (χ4n) is 0.741. The molecule has 1 N–H and O–H groups in total. The van der Waals surface area contributed by atoms with Gasteiger partial charge in [-0.1, -0.05) is 18.1 Å². The minimum atomic E-state index is -0.935. The van der Waals surface area contributed by atoms with Crippen LogP contribution in [0.2, 0.25) is 0 Å². The summed E-state index contributed by atoms with van der Waals surface area (Å²) in [6.45, 7) is 0. The van der Waals surface area contributed by atoms with E-state index in [1.807, 2.05) is 0 Å². The van der Waals surface area contributed by atoms with Gasteiger partial charge in [0.05, 0.1) is 0 Å². The molecule has 0 aromatic heterocycles. The Morgan fingerprint density at radius 1 is 1.36 bits per heavy atom. The molecule has 0 radical (unpaired) electrons. The number of rotatable bonds is 1. The molecule has 0 unspecified atom stereocenters. The monoisotopic (exact) mass is 150 g/mol. The minimum absolute atomic E-state index is 0.335. The quantitative estimate of drug-likeness (QED) is 0.601. The predicted octanol–water partition coefficient (Wildman–Crippen LogP) is 1.49. The molecule has 0 aliphatic heterocycles. The number of hydrogen-bond acceptors (Lipinski definition) is 1. The van der Waals surface area contributed by atoms with E-state index < -0.39 is 6.10 Å². The molecule has 0 fully saturated rings. The molecule has 1 atom stereocenters. The van der Waals surface area contributed by atoms with Gasteiger partial charge < -0.3 is 5.11 Å². The van der Waals surface area contributed by atoms with Crippen molar-refractivity contribution < 1.29 is 9.50 Å². The van der Waals surface area contributed by atoms with Crippen molar-refractivity contribution in [1.82, 2.24) is 0 Å². The van der Waals surface area contributed by atoms with Crippen LogP contribution >= 0.6 is 0 Å². The van der Waals surface area contributed by atoms with Crippen LogP contribution in [0.1, 0.15) is 11.7 Å². The average molecular weight is 150 g/mol. The van der Waals surface area contributed by atoms with E-state index in [1.165, 1.54) is 24.3 Å². The zero-order chi connectivity index (χ0) is 8.27. The number of halogens is 1. The second-order valence-corrected chi connectivity index (χ2v) is 2.12. The fourth-order valence-corrected chi connectivity index (χ4v) is 0.741. The summed E-state index contributed by atoms with van der Waals surface area (Å²) < 4.78 is 12.3. The third kappa shape index (κ3) is 1.79. The van der Waals surface area contributed by atoms with Crippen LogP contribution in [0.3, 0.4) is 0 Å². The Morgan fingerprint density at radius 3 is 2.36 bits per heavy atom. The van der Waals surface area contributed by atoms with Crippen molar-refractivity contribution in [2.45, 2.75) is 6.10 Å². The Labute approximate surface area is 64.5 Å². The molecule has 0 amide bonds. The van der Waals surface area contributed by atoms with Crippen molar-refractivity contribution in [3.63, 3.8) is 0 Å². The fraction of sp³-hybridized carbons (Fsp3) is 0.111. The van der Waals surface area contributed by atoms with Crippen LogP contribution < -0.4 is 0 Å². The first-order valence-corrected chi connectivity index (χ1v) is 3.13. The van der Waals surface area contributed by atoms with E-state index in [-0.39, 0.29) is 5.82 Å². The number of benzene rings is 1. The summed E-state index contributed by atoms with van der Waals surface area (Å²) in [5, 5.41) is 9.06. The summed E-state index contributed by atoms with van der Waals surface area (Å²) in [6.07, 6.45) is 4.01. The third-order valence-electron chi connectivity index (χ3n) is 1.34. The second kappa shape index (κ2) is 3.18. The Balaban J connectivity index is 2.92. The van der Waals surface area contributed by atoms with Gasteiger partial charge in [0.1, 0.15) is 11.9 Å². The summed E-state index contributed by atoms with van der Waals surface area (Å²) in [5.74, 6) is 1.80. The van der Waals surface area contributed by atoms with E-state index in [0.29, 0.717) is 5.56 Å². The third-order valence-corrected chi connectivity index (χ3v) is 1.34. The molecule has 0 saturated carbocycles. The molecule has 1 rings (SSSR count). The van der Waals surface area contributed by atoms with E-state index in [4.69, 9.17) is 11.5 Å². The van der Waals surface area contributed by atoms with Gasteiger partial charge in [0, 0.05) is 0 Å². The summed E-state index contributed by atoms with van der Waals surface area (Å²) >= 11 is 0. The van der Waals surface area contributed by atoms with Crippen molar-refractivity contribution in [3.05, 3.63) is 35.6 Å². The van der Waals surface area contributed by atoms with Gasteiger partial charge in [0.2, 0.25) is 0 Å². The molecular formula is C9H7FO. The highest BCUT2D eigenvalue weighted by atomic mass is 19.1. The highest BCUT2D eigenvalue weighted by Crippen LogP contribution is 2.11. The lowest BCUT2D eigenvalue weighted by Crippen LogP contribution is -1.92. The van der Waals surface area contributed by atoms with E-state index in [1.54, 1.807) is 0 Å². The van der Waals surface area contributed by atoms with Crippen molar-refractivity contribution in [2.75, 3.05) is 0 Å². The van der Waals surface area contributed by atoms with Crippen molar-refractivity contribution in [1.29, 1.82) is 0 Å². The molecule has 1 nitrogen and oxygen atoms in total. The number of hydrogen-bond donors (Lipinski definition) is 1. The molecule has 0 aliphatic carbocycles. The first-order chi connectivity index (χ1) is 5.24. The van der Waals surface area contributed by atoms with Crippen LogP contribution in [0.15, 0.2) is 24.3 Å². The van der Waals surface area contributed by atoms with Crippen LogP contribution in [0.4, 0.5) is 4.39 Å². The first kappa shape index (κ1) is 7.77. The average Bonchev–Trinajstić information content (AvgIpc) is 2.05.